The summed E-state index contributed by atoms with van der Waals surface area (Å²) in [6, 6.07) is 0. The lowest BCUT2D eigenvalue weighted by Gasteiger charge is -1.93. The van der Waals surface area contributed by atoms with Gasteiger partial charge in [0.2, 0.25) is 0 Å². The van der Waals surface area contributed by atoms with Gasteiger partial charge in [0.25, 0.3) is 0 Å². The van der Waals surface area contributed by atoms with Crippen LogP contribution in [0.1, 0.15) is 59.3 Å². The molecule has 0 aliphatic carbocycles. The highest BCUT2D eigenvalue weighted by atomic mass is 14.8. The first kappa shape index (κ1) is 14.5. The summed E-state index contributed by atoms with van der Waals surface area (Å²) in [6.07, 6.45) is 8.09. The number of unbranched alkanes of at least 4 members (excludes halogenated alkanes) is 4. The van der Waals surface area contributed by atoms with Gasteiger partial charge in [0.1, 0.15) is 0 Å². The predicted molar refractivity (Wildman–Crippen MR) is 58.7 cm³/mol. The summed E-state index contributed by atoms with van der Waals surface area (Å²) in [7, 11) is 2.00. The zero-order valence-electron chi connectivity index (χ0n) is 9.45. The van der Waals surface area contributed by atoms with Gasteiger partial charge in [0.15, 0.2) is 0 Å². The van der Waals surface area contributed by atoms with E-state index >= 15 is 0 Å². The molecule has 1 heteroatoms. The van der Waals surface area contributed by atoms with Crippen LogP contribution in [0, 0.1) is 0 Å². The number of hydrogen-bond donors (Lipinski definition) is 1. The van der Waals surface area contributed by atoms with Crippen LogP contribution < -0.4 is 5.32 Å². The number of rotatable bonds is 6. The van der Waals surface area contributed by atoms with Crippen LogP contribution in [-0.2, 0) is 0 Å². The monoisotopic (exact) mass is 173 g/mol. The van der Waals surface area contributed by atoms with Gasteiger partial charge in [-0.3, -0.25) is 0 Å². The SMILES string of the molecule is CCCCC.CCCCCNC. The van der Waals surface area contributed by atoms with E-state index in [-0.39, 0.29) is 0 Å². The first-order valence-electron chi connectivity index (χ1n) is 5.47. The van der Waals surface area contributed by atoms with Crippen molar-refractivity contribution in [3.63, 3.8) is 0 Å². The molecule has 0 heterocycles. The maximum absolute atomic E-state index is 3.10. The molecule has 0 spiro atoms. The highest BCUT2D eigenvalue weighted by molar-refractivity contribution is 4.39. The summed E-state index contributed by atoms with van der Waals surface area (Å²) in [4.78, 5) is 0. The van der Waals surface area contributed by atoms with Crippen LogP contribution in [-0.4, -0.2) is 13.6 Å². The van der Waals surface area contributed by atoms with Gasteiger partial charge in [-0.1, -0.05) is 52.9 Å². The van der Waals surface area contributed by atoms with E-state index in [0.717, 1.165) is 0 Å². The Hall–Kier alpha value is -0.0400. The molecule has 1 N–H and O–H groups in total. The normalized spacial score (nSPS) is 9.00. The van der Waals surface area contributed by atoms with Crippen molar-refractivity contribution in [1.82, 2.24) is 5.32 Å². The Balaban J connectivity index is 0. The van der Waals surface area contributed by atoms with Gasteiger partial charge in [0.05, 0.1) is 0 Å². The maximum Gasteiger partial charge on any atom is -0.00519 e. The van der Waals surface area contributed by atoms with Gasteiger partial charge >= 0.3 is 0 Å². The third kappa shape index (κ3) is 22.5. The third-order valence-corrected chi connectivity index (χ3v) is 1.74. The van der Waals surface area contributed by atoms with Crippen molar-refractivity contribution in [3.8, 4) is 0 Å². The summed E-state index contributed by atoms with van der Waals surface area (Å²) < 4.78 is 0. The molecule has 0 atom stereocenters. The predicted octanol–water partition coefficient (Wildman–Crippen LogP) is 3.59. The third-order valence-electron chi connectivity index (χ3n) is 1.74. The Morgan fingerprint density at radius 2 is 1.25 bits per heavy atom. The molecule has 0 rings (SSSR count). The van der Waals surface area contributed by atoms with Crippen LogP contribution in [0.3, 0.4) is 0 Å². The van der Waals surface area contributed by atoms with E-state index in [1.807, 2.05) is 7.05 Å². The lowest BCUT2D eigenvalue weighted by Crippen LogP contribution is -2.06. The first-order chi connectivity index (χ1) is 5.83. The van der Waals surface area contributed by atoms with Gasteiger partial charge in [-0.2, -0.15) is 0 Å². The van der Waals surface area contributed by atoms with Crippen LogP contribution in [0.25, 0.3) is 0 Å². The van der Waals surface area contributed by atoms with Crippen LogP contribution in [0.15, 0.2) is 0 Å². The van der Waals surface area contributed by atoms with Gasteiger partial charge in [0, 0.05) is 0 Å². The van der Waals surface area contributed by atoms with Gasteiger partial charge in [-0.25, -0.2) is 0 Å². The Kier molecular flexibility index (Phi) is 20.7. The quantitative estimate of drug-likeness (QED) is 0.605. The average molecular weight is 173 g/mol. The zero-order chi connectivity index (χ0) is 9.66. The van der Waals surface area contributed by atoms with Crippen molar-refractivity contribution in [2.75, 3.05) is 13.6 Å². The zero-order valence-corrected chi connectivity index (χ0v) is 9.45. The number of nitrogens with one attached hydrogen (secondary N) is 1. The summed E-state index contributed by atoms with van der Waals surface area (Å²) in [5.74, 6) is 0. The van der Waals surface area contributed by atoms with Crippen molar-refractivity contribution in [1.29, 1.82) is 0 Å². The molecule has 1 nitrogen and oxygen atoms in total. The van der Waals surface area contributed by atoms with Crippen LogP contribution in [0.4, 0.5) is 0 Å². The highest BCUT2D eigenvalue weighted by Crippen LogP contribution is 1.89. The molecule has 0 aliphatic rings. The first-order valence-corrected chi connectivity index (χ1v) is 5.47. The smallest absolute Gasteiger partial charge is 0.00519 e. The van der Waals surface area contributed by atoms with E-state index in [1.165, 1.54) is 45.1 Å². The summed E-state index contributed by atoms with van der Waals surface area (Å²) in [5, 5.41) is 3.10. The van der Waals surface area contributed by atoms with Gasteiger partial charge < -0.3 is 5.32 Å². The molecule has 0 fully saturated rings. The maximum atomic E-state index is 3.10. The van der Waals surface area contributed by atoms with E-state index in [2.05, 4.69) is 26.1 Å². The second kappa shape index (κ2) is 17.2. The van der Waals surface area contributed by atoms with Crippen LogP contribution in [0.5, 0.6) is 0 Å². The van der Waals surface area contributed by atoms with E-state index in [9.17, 15) is 0 Å². The molecule has 0 bridgehead atoms. The van der Waals surface area contributed by atoms with Crippen LogP contribution >= 0.6 is 0 Å². The number of hydrogen-bond acceptors (Lipinski definition) is 1. The topological polar surface area (TPSA) is 12.0 Å². The second-order valence-electron chi connectivity index (χ2n) is 3.16. The second-order valence-corrected chi connectivity index (χ2v) is 3.16. The minimum atomic E-state index is 1.17. The van der Waals surface area contributed by atoms with E-state index in [4.69, 9.17) is 0 Å². The molecule has 0 aromatic carbocycles. The molecular weight excluding hydrogens is 146 g/mol. The molecule has 0 aromatic heterocycles. The fourth-order valence-electron chi connectivity index (χ4n) is 0.905. The molecule has 0 radical (unpaired) electrons. The van der Waals surface area contributed by atoms with E-state index in [1.54, 1.807) is 0 Å². The largest absolute Gasteiger partial charge is 0.320 e. The Labute approximate surface area is 78.9 Å². The average Bonchev–Trinajstić information content (AvgIpc) is 2.08. The fraction of sp³-hybridized carbons (Fsp3) is 1.00. The van der Waals surface area contributed by atoms with Crippen molar-refractivity contribution in [2.24, 2.45) is 0 Å². The van der Waals surface area contributed by atoms with Crippen molar-refractivity contribution in [2.45, 2.75) is 59.3 Å². The van der Waals surface area contributed by atoms with Crippen LogP contribution in [0.2, 0.25) is 0 Å². The minimum Gasteiger partial charge on any atom is -0.320 e. The lowest BCUT2D eigenvalue weighted by molar-refractivity contribution is 0.667. The van der Waals surface area contributed by atoms with Gasteiger partial charge in [-0.05, 0) is 20.0 Å². The van der Waals surface area contributed by atoms with Gasteiger partial charge in [-0.15, -0.1) is 0 Å². The van der Waals surface area contributed by atoms with Crippen molar-refractivity contribution >= 4 is 0 Å². The Morgan fingerprint density at radius 3 is 1.50 bits per heavy atom. The standard InChI is InChI=1S/C6H15N.C5H12/c1-3-4-5-6-7-2;1-3-5-4-2/h7H,3-6H2,1-2H3;3-5H2,1-2H3. The van der Waals surface area contributed by atoms with Crippen molar-refractivity contribution < 1.29 is 0 Å². The minimum absolute atomic E-state index is 1.17. The molecule has 0 unspecified atom stereocenters. The van der Waals surface area contributed by atoms with E-state index in [0.29, 0.717) is 0 Å². The molecule has 0 aromatic rings. The van der Waals surface area contributed by atoms with Crippen molar-refractivity contribution in [3.05, 3.63) is 0 Å². The molecule has 0 saturated carbocycles. The lowest BCUT2D eigenvalue weighted by atomic mass is 10.2. The Morgan fingerprint density at radius 1 is 0.750 bits per heavy atom. The molecule has 0 saturated heterocycles. The molecular formula is C11H27N. The highest BCUT2D eigenvalue weighted by Gasteiger charge is 1.78. The molecule has 76 valence electrons. The molecule has 0 aliphatic heterocycles. The van der Waals surface area contributed by atoms with E-state index < -0.39 is 0 Å². The molecule has 0 amide bonds. The fourth-order valence-corrected chi connectivity index (χ4v) is 0.905. The summed E-state index contributed by atoms with van der Waals surface area (Å²) >= 11 is 0. The Bertz CT molecular complexity index is 47.0. The molecule has 12 heavy (non-hydrogen) atoms. The summed E-state index contributed by atoms with van der Waals surface area (Å²) in [6.45, 7) is 7.82. The summed E-state index contributed by atoms with van der Waals surface area (Å²) in [5.41, 5.74) is 0.